The largest absolute Gasteiger partial charge is 0.478 e. The highest BCUT2D eigenvalue weighted by Gasteiger charge is 2.11. The predicted octanol–water partition coefficient (Wildman–Crippen LogP) is 4.64. The van der Waals surface area contributed by atoms with E-state index in [-0.39, 0.29) is 0 Å². The summed E-state index contributed by atoms with van der Waals surface area (Å²) in [5.41, 5.74) is 4.60. The van der Waals surface area contributed by atoms with Gasteiger partial charge in [-0.1, -0.05) is 42.5 Å². The van der Waals surface area contributed by atoms with E-state index in [4.69, 9.17) is 20.2 Å². The van der Waals surface area contributed by atoms with Crippen molar-refractivity contribution in [2.24, 2.45) is 0 Å². The van der Waals surface area contributed by atoms with Gasteiger partial charge in [0.25, 0.3) is 0 Å². The van der Waals surface area contributed by atoms with E-state index < -0.39 is 23.8 Å². The van der Waals surface area contributed by atoms with E-state index in [2.05, 4.69) is 10.6 Å². The molecule has 0 aliphatic rings. The van der Waals surface area contributed by atoms with Crippen molar-refractivity contribution in [3.05, 3.63) is 109 Å². The maximum atomic E-state index is 11.9. The number of carbonyl (C=O) groups excluding carboxylic acids is 2. The van der Waals surface area contributed by atoms with Gasteiger partial charge in [-0.05, 0) is 42.5 Å². The van der Waals surface area contributed by atoms with Gasteiger partial charge in [0.15, 0.2) is 5.82 Å². The number of amides is 2. The Kier molecular flexibility index (Phi) is 8.53. The Labute approximate surface area is 228 Å². The van der Waals surface area contributed by atoms with Crippen LogP contribution in [0.4, 0.5) is 11.4 Å². The van der Waals surface area contributed by atoms with Crippen LogP contribution in [-0.2, 0) is 19.2 Å². The molecule has 0 aliphatic heterocycles. The Bertz CT molecular complexity index is 1510. The number of nitrogens with zero attached hydrogens (tertiary/aromatic N) is 2. The third-order valence-corrected chi connectivity index (χ3v) is 5.41. The number of rotatable bonds is 9. The van der Waals surface area contributed by atoms with Gasteiger partial charge in [-0.15, -0.1) is 0 Å². The van der Waals surface area contributed by atoms with Gasteiger partial charge in [0.05, 0.1) is 11.4 Å². The molecule has 0 atom stereocenters. The molecule has 4 rings (SSSR count). The summed E-state index contributed by atoms with van der Waals surface area (Å²) in [5.74, 6) is -3.13. The molecule has 0 bridgehead atoms. The molecule has 0 saturated heterocycles. The van der Waals surface area contributed by atoms with Gasteiger partial charge in [0, 0.05) is 52.4 Å². The average molecular weight is 535 g/mol. The molecule has 40 heavy (non-hydrogen) atoms. The Morgan fingerprint density at radius 3 is 1.43 bits per heavy atom. The lowest BCUT2D eigenvalue weighted by molar-refractivity contribution is -0.132. The summed E-state index contributed by atoms with van der Waals surface area (Å²) >= 11 is 0. The maximum Gasteiger partial charge on any atom is 0.328 e. The van der Waals surface area contributed by atoms with Crippen molar-refractivity contribution in [1.29, 1.82) is 0 Å². The molecule has 1 heterocycles. The van der Waals surface area contributed by atoms with Crippen LogP contribution in [0.1, 0.15) is 0 Å². The molecule has 0 unspecified atom stereocenters. The normalized spacial score (nSPS) is 10.9. The molecule has 0 fully saturated rings. The lowest BCUT2D eigenvalue weighted by atomic mass is 10.1. The zero-order valence-corrected chi connectivity index (χ0v) is 20.8. The average Bonchev–Trinajstić information content (AvgIpc) is 2.96. The third kappa shape index (κ3) is 7.56. The van der Waals surface area contributed by atoms with Crippen molar-refractivity contribution in [2.45, 2.75) is 0 Å². The number of aromatic nitrogens is 2. The summed E-state index contributed by atoms with van der Waals surface area (Å²) in [6, 6.07) is 25.2. The number of hydrogen-bond donors (Lipinski definition) is 4. The molecule has 0 aliphatic carbocycles. The van der Waals surface area contributed by atoms with Crippen LogP contribution in [-0.4, -0.2) is 43.9 Å². The fraction of sp³-hybridized carbons (Fsp3) is 0. The smallest absolute Gasteiger partial charge is 0.328 e. The minimum atomic E-state index is -1.22. The Morgan fingerprint density at radius 1 is 0.550 bits per heavy atom. The second kappa shape index (κ2) is 12.6. The topological polar surface area (TPSA) is 159 Å². The number of hydrogen-bond acceptors (Lipinski definition) is 6. The first kappa shape index (κ1) is 27.1. The van der Waals surface area contributed by atoms with Gasteiger partial charge in [-0.2, -0.15) is 0 Å². The van der Waals surface area contributed by atoms with E-state index in [1.807, 2.05) is 36.4 Å². The van der Waals surface area contributed by atoms with Crippen molar-refractivity contribution >= 4 is 35.1 Å². The van der Waals surface area contributed by atoms with Crippen molar-refractivity contribution in [2.75, 3.05) is 10.6 Å². The highest BCUT2D eigenvalue weighted by Crippen LogP contribution is 2.28. The van der Waals surface area contributed by atoms with Gasteiger partial charge in [-0.25, -0.2) is 19.6 Å². The molecule has 2 amide bonds. The molecule has 0 saturated carbocycles. The van der Waals surface area contributed by atoms with E-state index in [0.717, 1.165) is 35.4 Å². The summed E-state index contributed by atoms with van der Waals surface area (Å²) < 4.78 is 0. The van der Waals surface area contributed by atoms with Crippen LogP contribution in [0.15, 0.2) is 109 Å². The van der Waals surface area contributed by atoms with Crippen LogP contribution in [0, 0.1) is 0 Å². The lowest BCUT2D eigenvalue weighted by Crippen LogP contribution is -2.08. The number of anilines is 2. The fourth-order valence-corrected chi connectivity index (χ4v) is 3.57. The molecule has 10 nitrogen and oxygen atoms in total. The summed E-state index contributed by atoms with van der Waals surface area (Å²) in [5, 5.41) is 22.5. The quantitative estimate of drug-likeness (QED) is 0.226. The van der Waals surface area contributed by atoms with E-state index in [0.29, 0.717) is 34.2 Å². The first-order chi connectivity index (χ1) is 19.3. The number of benzene rings is 3. The second-order valence-electron chi connectivity index (χ2n) is 8.30. The minimum Gasteiger partial charge on any atom is -0.478 e. The summed E-state index contributed by atoms with van der Waals surface area (Å²) in [4.78, 5) is 54.5. The number of carbonyl (C=O) groups is 4. The van der Waals surface area contributed by atoms with Gasteiger partial charge in [0.2, 0.25) is 11.8 Å². The minimum absolute atomic E-state index is 0.441. The monoisotopic (exact) mass is 534 g/mol. The Hall–Kier alpha value is -5.90. The molecular formula is C30H22N4O6. The summed E-state index contributed by atoms with van der Waals surface area (Å²) in [6.45, 7) is 0. The van der Waals surface area contributed by atoms with Crippen LogP contribution in [0.2, 0.25) is 0 Å². The van der Waals surface area contributed by atoms with Gasteiger partial charge < -0.3 is 20.8 Å². The van der Waals surface area contributed by atoms with Crippen LogP contribution in [0.25, 0.3) is 33.9 Å². The van der Waals surface area contributed by atoms with Gasteiger partial charge in [0.1, 0.15) is 0 Å². The van der Waals surface area contributed by atoms with Crippen molar-refractivity contribution in [3.8, 4) is 33.9 Å². The fourth-order valence-electron chi connectivity index (χ4n) is 3.57. The number of nitrogens with one attached hydrogen (secondary N) is 2. The summed E-state index contributed by atoms with van der Waals surface area (Å²) in [6.07, 6.45) is 3.38. The second-order valence-corrected chi connectivity index (χ2v) is 8.30. The van der Waals surface area contributed by atoms with Crippen molar-refractivity contribution < 1.29 is 29.4 Å². The van der Waals surface area contributed by atoms with Crippen LogP contribution < -0.4 is 10.6 Å². The van der Waals surface area contributed by atoms with Gasteiger partial charge >= 0.3 is 11.9 Å². The number of carboxylic acids is 2. The molecular weight excluding hydrogens is 512 g/mol. The Balaban J connectivity index is 1.63. The zero-order valence-electron chi connectivity index (χ0n) is 20.8. The van der Waals surface area contributed by atoms with Gasteiger partial charge in [-0.3, -0.25) is 9.59 Å². The third-order valence-electron chi connectivity index (χ3n) is 5.41. The van der Waals surface area contributed by atoms with Crippen LogP contribution in [0.3, 0.4) is 0 Å². The molecule has 10 heteroatoms. The molecule has 4 N–H and O–H groups in total. The van der Waals surface area contributed by atoms with E-state index >= 15 is 0 Å². The van der Waals surface area contributed by atoms with E-state index in [9.17, 15) is 19.2 Å². The van der Waals surface area contributed by atoms with Crippen molar-refractivity contribution in [1.82, 2.24) is 9.97 Å². The Morgan fingerprint density at radius 2 is 0.975 bits per heavy atom. The highest BCUT2D eigenvalue weighted by atomic mass is 16.4. The number of aliphatic carboxylic acids is 2. The van der Waals surface area contributed by atoms with E-state index in [1.165, 1.54) is 0 Å². The maximum absolute atomic E-state index is 11.9. The SMILES string of the molecule is O=C(O)/C=C/C(=O)Nc1ccc(-c2cc(-c3ccccc3)nc(-c3ccc(NC(=O)/C=C/C(=O)O)cc3)n2)cc1. The van der Waals surface area contributed by atoms with Crippen LogP contribution in [0.5, 0.6) is 0 Å². The molecule has 0 spiro atoms. The molecule has 0 radical (unpaired) electrons. The van der Waals surface area contributed by atoms with Crippen LogP contribution >= 0.6 is 0 Å². The lowest BCUT2D eigenvalue weighted by Gasteiger charge is -2.10. The molecule has 1 aromatic heterocycles. The molecule has 4 aromatic rings. The number of carboxylic acid groups (broad SMARTS) is 2. The zero-order chi connectivity index (χ0) is 28.5. The van der Waals surface area contributed by atoms with Crippen molar-refractivity contribution in [3.63, 3.8) is 0 Å². The highest BCUT2D eigenvalue weighted by molar-refractivity contribution is 6.03. The first-order valence-corrected chi connectivity index (χ1v) is 11.9. The summed E-state index contributed by atoms with van der Waals surface area (Å²) in [7, 11) is 0. The molecule has 198 valence electrons. The standard InChI is InChI=1S/C30H22N4O6/c35-26(14-16-28(37)38)31-22-10-6-20(7-11-22)25-18-24(19-4-2-1-3-5-19)33-30(34-25)21-8-12-23(13-9-21)32-27(36)15-17-29(39)40/h1-18H,(H,31,35)(H,32,36)(H,37,38)(H,39,40)/b16-14+,17-15+. The molecule has 3 aromatic carbocycles. The predicted molar refractivity (Wildman–Crippen MR) is 149 cm³/mol. The first-order valence-electron chi connectivity index (χ1n) is 11.9. The van der Waals surface area contributed by atoms with E-state index in [1.54, 1.807) is 48.5 Å².